The third-order valence-corrected chi connectivity index (χ3v) is 7.74. The van der Waals surface area contributed by atoms with Crippen molar-refractivity contribution in [1.82, 2.24) is 15.5 Å². The average molecular weight is 475 g/mol. The Morgan fingerprint density at radius 1 is 1.15 bits per heavy atom. The van der Waals surface area contributed by atoms with E-state index in [1.807, 2.05) is 30.3 Å². The van der Waals surface area contributed by atoms with E-state index in [1.165, 1.54) is 10.1 Å². The zero-order chi connectivity index (χ0) is 22.4. The number of ether oxygens (including phenoxy) is 1. The van der Waals surface area contributed by atoms with E-state index in [0.29, 0.717) is 28.5 Å². The number of H-pyrrole nitrogens is 1. The van der Waals surface area contributed by atoms with Crippen LogP contribution in [0, 0.1) is 0 Å². The van der Waals surface area contributed by atoms with Crippen molar-refractivity contribution < 1.29 is 13.7 Å². The number of aromatic amines is 1. The van der Waals surface area contributed by atoms with Crippen molar-refractivity contribution in [3.63, 3.8) is 0 Å². The van der Waals surface area contributed by atoms with Crippen molar-refractivity contribution in [3.8, 4) is 10.4 Å². The molecule has 1 aliphatic carbocycles. The third kappa shape index (κ3) is 3.75. The van der Waals surface area contributed by atoms with E-state index in [4.69, 9.17) is 4.74 Å². The van der Waals surface area contributed by atoms with Gasteiger partial charge in [0.2, 0.25) is 0 Å². The molecule has 1 aliphatic heterocycles. The highest BCUT2D eigenvalue weighted by Crippen LogP contribution is 2.38. The minimum absolute atomic E-state index is 0.00239. The van der Waals surface area contributed by atoms with Crippen molar-refractivity contribution in [2.24, 2.45) is 0 Å². The number of nitrogens with zero attached hydrogens (tertiary/aromatic N) is 1. The molecule has 0 fully saturated rings. The zero-order valence-corrected chi connectivity index (χ0v) is 18.9. The molecular formula is C24H18N4O3S2. The lowest BCUT2D eigenvalue weighted by atomic mass is 10.1. The van der Waals surface area contributed by atoms with Gasteiger partial charge in [0.25, 0.3) is 5.91 Å². The monoisotopic (exact) mass is 474 g/mol. The number of hydrogen-bond donors (Lipinski definition) is 3. The molecule has 2 aliphatic rings. The Balaban J connectivity index is 1.36. The maximum absolute atomic E-state index is 13.2. The van der Waals surface area contributed by atoms with Crippen molar-refractivity contribution in [3.05, 3.63) is 83.3 Å². The number of nitrogens with one attached hydrogen (secondary N) is 3. The summed E-state index contributed by atoms with van der Waals surface area (Å²) in [6, 6.07) is 14.3. The first-order chi connectivity index (χ1) is 16.1. The lowest BCUT2D eigenvalue weighted by Gasteiger charge is -2.18. The summed E-state index contributed by atoms with van der Waals surface area (Å²) in [5.41, 5.74) is 3.20. The number of amides is 1. The van der Waals surface area contributed by atoms with E-state index in [1.54, 1.807) is 29.7 Å². The summed E-state index contributed by atoms with van der Waals surface area (Å²) in [7, 11) is -1.55. The molecule has 0 spiro atoms. The normalized spacial score (nSPS) is 16.7. The molecule has 0 saturated carbocycles. The standard InChI is InChI=1S/C24H18N4O3S2/c29-23-13-31-20-6-3-5-17(11-19(20)26-23)33(30)28-16-8-15-12-25-27-24(15)18(10-16)22-9-14-4-1-2-7-21(14)32-22/h1-5,7-12,28H,6,13H2,(H,25,27)(H,26,29). The molecule has 0 saturated heterocycles. The number of rotatable bonds is 4. The number of thiophene rings is 1. The molecule has 9 heteroatoms. The number of benzene rings is 2. The molecule has 7 nitrogen and oxygen atoms in total. The van der Waals surface area contributed by atoms with Crippen molar-refractivity contribution in [2.45, 2.75) is 6.42 Å². The molecule has 1 unspecified atom stereocenters. The number of carbonyl (C=O) groups excluding carboxylic acids is 1. The Kier molecular flexibility index (Phi) is 4.85. The van der Waals surface area contributed by atoms with Gasteiger partial charge in [-0.2, -0.15) is 5.10 Å². The predicted octanol–water partition coefficient (Wildman–Crippen LogP) is 4.72. The minimum Gasteiger partial charge on any atom is -0.486 e. The molecule has 0 bridgehead atoms. The van der Waals surface area contributed by atoms with Crippen molar-refractivity contribution >= 4 is 54.9 Å². The fourth-order valence-electron chi connectivity index (χ4n) is 3.95. The molecule has 1 atom stereocenters. The molecule has 3 heterocycles. The first-order valence-corrected chi connectivity index (χ1v) is 12.3. The molecule has 0 radical (unpaired) electrons. The van der Waals surface area contributed by atoms with Gasteiger partial charge in [-0.1, -0.05) is 24.3 Å². The Labute approximate surface area is 195 Å². The van der Waals surface area contributed by atoms with E-state index in [-0.39, 0.29) is 12.5 Å². The minimum atomic E-state index is -1.55. The first kappa shape index (κ1) is 20.0. The molecule has 2 aromatic heterocycles. The van der Waals surface area contributed by atoms with Crippen LogP contribution in [0.3, 0.4) is 0 Å². The van der Waals surface area contributed by atoms with E-state index < -0.39 is 11.0 Å². The smallest absolute Gasteiger partial charge is 0.262 e. The largest absolute Gasteiger partial charge is 0.486 e. The van der Waals surface area contributed by atoms with Gasteiger partial charge in [-0.05, 0) is 41.8 Å². The number of carbonyl (C=O) groups is 1. The fraction of sp³-hybridized carbons (Fsp3) is 0.0833. The molecule has 2 aromatic carbocycles. The molecule has 3 N–H and O–H groups in total. The second-order valence-corrected chi connectivity index (χ2v) is 10.0. The topological polar surface area (TPSA) is 96.1 Å². The van der Waals surface area contributed by atoms with Gasteiger partial charge in [-0.3, -0.25) is 9.89 Å². The fourth-order valence-corrected chi connectivity index (χ4v) is 5.93. The molecule has 4 aromatic rings. The van der Waals surface area contributed by atoms with Crippen LogP contribution in [0.25, 0.3) is 31.4 Å². The number of fused-ring (bicyclic) bond motifs is 2. The Bertz CT molecular complexity index is 1510. The molecule has 33 heavy (non-hydrogen) atoms. The van der Waals surface area contributed by atoms with E-state index in [9.17, 15) is 9.00 Å². The van der Waals surface area contributed by atoms with Gasteiger partial charge in [0, 0.05) is 32.6 Å². The van der Waals surface area contributed by atoms with E-state index >= 15 is 0 Å². The molecule has 164 valence electrons. The lowest BCUT2D eigenvalue weighted by Crippen LogP contribution is -2.32. The SMILES string of the molecule is O=C1COC2=C(C=C(S(=O)Nc3cc(-c4cc5ccccc5s4)c4[nH]ncc4c3)C=CC2)N1. The molecule has 6 rings (SSSR count). The van der Waals surface area contributed by atoms with Crippen LogP contribution in [0.4, 0.5) is 5.69 Å². The van der Waals surface area contributed by atoms with Crippen LogP contribution < -0.4 is 10.0 Å². The number of aromatic nitrogens is 2. The van der Waals surface area contributed by atoms with Crippen LogP contribution >= 0.6 is 11.3 Å². The maximum Gasteiger partial charge on any atom is 0.262 e. The van der Waals surface area contributed by atoms with Gasteiger partial charge in [0.15, 0.2) is 6.61 Å². The zero-order valence-electron chi connectivity index (χ0n) is 17.3. The molecule has 1 amide bonds. The van der Waals surface area contributed by atoms with E-state index in [2.05, 4.69) is 38.4 Å². The van der Waals surface area contributed by atoms with Gasteiger partial charge in [0.1, 0.15) is 16.7 Å². The second kappa shape index (κ2) is 8.02. The van der Waals surface area contributed by atoms with E-state index in [0.717, 1.165) is 21.3 Å². The number of allylic oxidation sites excluding steroid dienone is 3. The summed E-state index contributed by atoms with van der Waals surface area (Å²) >= 11 is 1.71. The van der Waals surface area contributed by atoms with Crippen molar-refractivity contribution in [1.29, 1.82) is 0 Å². The quantitative estimate of drug-likeness (QED) is 0.399. The Morgan fingerprint density at radius 3 is 2.97 bits per heavy atom. The van der Waals surface area contributed by atoms with Crippen LogP contribution in [-0.4, -0.2) is 26.9 Å². The summed E-state index contributed by atoms with van der Waals surface area (Å²) in [6.45, 7) is 0.00239. The van der Waals surface area contributed by atoms with Gasteiger partial charge in [-0.15, -0.1) is 11.3 Å². The third-order valence-electron chi connectivity index (χ3n) is 5.49. The summed E-state index contributed by atoms with van der Waals surface area (Å²) in [5.74, 6) is 0.452. The number of hydrogen-bond acceptors (Lipinski definition) is 5. The summed E-state index contributed by atoms with van der Waals surface area (Å²) < 4.78 is 23.0. The highest BCUT2D eigenvalue weighted by atomic mass is 32.2. The lowest BCUT2D eigenvalue weighted by molar-refractivity contribution is -0.125. The first-order valence-electron chi connectivity index (χ1n) is 10.3. The Morgan fingerprint density at radius 2 is 2.06 bits per heavy atom. The van der Waals surface area contributed by atoms with Gasteiger partial charge in [0.05, 0.1) is 22.3 Å². The highest BCUT2D eigenvalue weighted by molar-refractivity contribution is 7.90. The highest BCUT2D eigenvalue weighted by Gasteiger charge is 2.20. The van der Waals surface area contributed by atoms with Gasteiger partial charge >= 0.3 is 0 Å². The maximum atomic E-state index is 13.2. The van der Waals surface area contributed by atoms with Crippen LogP contribution in [0.1, 0.15) is 6.42 Å². The summed E-state index contributed by atoms with van der Waals surface area (Å²) in [4.78, 5) is 13.4. The van der Waals surface area contributed by atoms with Crippen LogP contribution in [0.5, 0.6) is 0 Å². The van der Waals surface area contributed by atoms with Gasteiger partial charge in [-0.25, -0.2) is 4.21 Å². The van der Waals surface area contributed by atoms with Crippen LogP contribution in [-0.2, 0) is 20.5 Å². The average Bonchev–Trinajstić information content (AvgIpc) is 3.40. The van der Waals surface area contributed by atoms with Crippen LogP contribution in [0.15, 0.2) is 83.3 Å². The van der Waals surface area contributed by atoms with Gasteiger partial charge < -0.3 is 14.8 Å². The summed E-state index contributed by atoms with van der Waals surface area (Å²) in [5, 5.41) is 12.2. The van der Waals surface area contributed by atoms with Crippen LogP contribution in [0.2, 0.25) is 0 Å². The van der Waals surface area contributed by atoms with Crippen molar-refractivity contribution in [2.75, 3.05) is 11.3 Å². The predicted molar refractivity (Wildman–Crippen MR) is 132 cm³/mol. The molecular weight excluding hydrogens is 456 g/mol. The summed E-state index contributed by atoms with van der Waals surface area (Å²) in [6.07, 6.45) is 7.66. The Hall–Kier alpha value is -3.69. The second-order valence-electron chi connectivity index (χ2n) is 7.70. The number of anilines is 1.